The molecule has 5 rings (SSSR count). The molecule has 0 aliphatic rings. The molecule has 142 valence electrons. The second-order valence-electron chi connectivity index (χ2n) is 6.64. The summed E-state index contributed by atoms with van der Waals surface area (Å²) >= 11 is 7.46. The molecule has 0 fully saturated rings. The van der Waals surface area contributed by atoms with Crippen LogP contribution in [0.5, 0.6) is 0 Å². The molecular weight excluding hydrogens is 404 g/mol. The Morgan fingerprint density at radius 2 is 1.69 bits per heavy atom. The number of anilines is 1. The first-order chi connectivity index (χ1) is 14.1. The summed E-state index contributed by atoms with van der Waals surface area (Å²) in [6.07, 6.45) is 1.73. The Morgan fingerprint density at radius 1 is 0.966 bits per heavy atom. The van der Waals surface area contributed by atoms with Gasteiger partial charge in [0.1, 0.15) is 5.01 Å². The van der Waals surface area contributed by atoms with E-state index in [0.717, 1.165) is 22.4 Å². The van der Waals surface area contributed by atoms with Crippen LogP contribution in [0.1, 0.15) is 5.56 Å². The van der Waals surface area contributed by atoms with Crippen LogP contribution < -0.4 is 5.73 Å². The van der Waals surface area contributed by atoms with Gasteiger partial charge in [-0.25, -0.2) is 4.98 Å². The van der Waals surface area contributed by atoms with Crippen molar-refractivity contribution in [3.05, 3.63) is 70.7 Å². The normalized spacial score (nSPS) is 11.2. The number of nitrogen functional groups attached to an aromatic ring is 1. The van der Waals surface area contributed by atoms with Gasteiger partial charge in [0, 0.05) is 21.5 Å². The van der Waals surface area contributed by atoms with Gasteiger partial charge >= 0.3 is 0 Å². The van der Waals surface area contributed by atoms with E-state index >= 15 is 0 Å². The molecule has 0 bridgehead atoms. The lowest BCUT2D eigenvalue weighted by molar-refractivity contribution is 0.906. The summed E-state index contributed by atoms with van der Waals surface area (Å²) in [5.41, 5.74) is 12.4. The summed E-state index contributed by atoms with van der Waals surface area (Å²) in [6, 6.07) is 15.7. The number of halogens is 1. The minimum Gasteiger partial charge on any atom is -0.382 e. The highest BCUT2D eigenvalue weighted by molar-refractivity contribution is 7.13. The maximum Gasteiger partial charge on any atom is 0.187 e. The molecule has 6 nitrogen and oxygen atoms in total. The van der Waals surface area contributed by atoms with Crippen LogP contribution in [0.4, 0.5) is 5.82 Å². The summed E-state index contributed by atoms with van der Waals surface area (Å²) in [4.78, 5) is 4.70. The number of thiazole rings is 1. The number of aryl methyl sites for hydroxylation is 1. The fraction of sp³-hybridized carbons (Fsp3) is 0.0476. The molecule has 8 heteroatoms. The van der Waals surface area contributed by atoms with E-state index in [2.05, 4.69) is 46.5 Å². The fourth-order valence-corrected chi connectivity index (χ4v) is 4.03. The van der Waals surface area contributed by atoms with E-state index in [4.69, 9.17) is 22.3 Å². The Bertz CT molecular complexity index is 1320. The van der Waals surface area contributed by atoms with Gasteiger partial charge in [0.15, 0.2) is 17.2 Å². The zero-order chi connectivity index (χ0) is 20.0. The Morgan fingerprint density at radius 3 is 2.45 bits per heavy atom. The van der Waals surface area contributed by atoms with E-state index < -0.39 is 0 Å². The van der Waals surface area contributed by atoms with Crippen LogP contribution in [-0.4, -0.2) is 24.8 Å². The second-order valence-corrected chi connectivity index (χ2v) is 7.93. The molecule has 0 radical (unpaired) electrons. The van der Waals surface area contributed by atoms with Crippen molar-refractivity contribution in [2.75, 3.05) is 5.73 Å². The predicted molar refractivity (Wildman–Crippen MR) is 117 cm³/mol. The highest BCUT2D eigenvalue weighted by atomic mass is 35.5. The van der Waals surface area contributed by atoms with Gasteiger partial charge in [0.05, 0.1) is 11.9 Å². The SMILES string of the molecule is Cc1ccc(-c2csc(-c3nnc4c(-c5ccc(Cl)cc5)cnn4c3N)n2)cc1. The number of hydrogen-bond donors (Lipinski definition) is 1. The van der Waals surface area contributed by atoms with Gasteiger partial charge in [-0.2, -0.15) is 9.61 Å². The van der Waals surface area contributed by atoms with Gasteiger partial charge in [0.25, 0.3) is 0 Å². The van der Waals surface area contributed by atoms with Gasteiger partial charge in [0.2, 0.25) is 0 Å². The summed E-state index contributed by atoms with van der Waals surface area (Å²) in [7, 11) is 0. The van der Waals surface area contributed by atoms with Crippen molar-refractivity contribution in [3.63, 3.8) is 0 Å². The minimum atomic E-state index is 0.403. The van der Waals surface area contributed by atoms with Gasteiger partial charge in [-0.3, -0.25) is 0 Å². The van der Waals surface area contributed by atoms with Crippen molar-refractivity contribution in [1.29, 1.82) is 0 Å². The first-order valence-corrected chi connectivity index (χ1v) is 10.1. The van der Waals surface area contributed by atoms with Gasteiger partial charge in [-0.1, -0.05) is 53.6 Å². The first-order valence-electron chi connectivity index (χ1n) is 8.89. The van der Waals surface area contributed by atoms with Crippen LogP contribution in [0.15, 0.2) is 60.1 Å². The zero-order valence-electron chi connectivity index (χ0n) is 15.4. The topological polar surface area (TPSA) is 82.0 Å². The molecule has 0 spiro atoms. The molecule has 3 aromatic heterocycles. The lowest BCUT2D eigenvalue weighted by atomic mass is 10.1. The number of hydrogen-bond acceptors (Lipinski definition) is 6. The number of benzene rings is 2. The maximum atomic E-state index is 6.38. The highest BCUT2D eigenvalue weighted by Crippen LogP contribution is 2.32. The van der Waals surface area contributed by atoms with E-state index in [1.165, 1.54) is 16.9 Å². The Balaban J connectivity index is 1.56. The number of nitrogens with two attached hydrogens (primary N) is 1. The molecule has 2 N–H and O–H groups in total. The maximum absolute atomic E-state index is 6.38. The minimum absolute atomic E-state index is 0.403. The third-order valence-corrected chi connectivity index (χ3v) is 5.77. The average Bonchev–Trinajstić information content (AvgIpc) is 3.37. The van der Waals surface area contributed by atoms with Crippen LogP contribution >= 0.6 is 22.9 Å². The molecule has 2 aromatic carbocycles. The van der Waals surface area contributed by atoms with Crippen LogP contribution in [0.3, 0.4) is 0 Å². The van der Waals surface area contributed by atoms with Crippen molar-refractivity contribution in [1.82, 2.24) is 24.8 Å². The molecule has 3 heterocycles. The first kappa shape index (κ1) is 17.8. The Kier molecular flexibility index (Phi) is 4.26. The van der Waals surface area contributed by atoms with Gasteiger partial charge < -0.3 is 5.73 Å². The monoisotopic (exact) mass is 418 g/mol. The molecule has 0 saturated carbocycles. The molecule has 29 heavy (non-hydrogen) atoms. The van der Waals surface area contributed by atoms with Crippen molar-refractivity contribution in [3.8, 4) is 33.1 Å². The molecule has 0 atom stereocenters. The third-order valence-electron chi connectivity index (χ3n) is 4.67. The average molecular weight is 419 g/mol. The largest absolute Gasteiger partial charge is 0.382 e. The van der Waals surface area contributed by atoms with Crippen molar-refractivity contribution in [2.45, 2.75) is 6.92 Å². The van der Waals surface area contributed by atoms with E-state index in [-0.39, 0.29) is 0 Å². The third kappa shape index (κ3) is 3.14. The fourth-order valence-electron chi connectivity index (χ4n) is 3.09. The smallest absolute Gasteiger partial charge is 0.187 e. The molecule has 5 aromatic rings. The number of aromatic nitrogens is 5. The molecule has 0 saturated heterocycles. The number of nitrogens with zero attached hydrogens (tertiary/aromatic N) is 5. The second kappa shape index (κ2) is 6.95. The molecule has 0 aliphatic carbocycles. The van der Waals surface area contributed by atoms with E-state index in [9.17, 15) is 0 Å². The van der Waals surface area contributed by atoms with Gasteiger partial charge in [-0.15, -0.1) is 21.5 Å². The van der Waals surface area contributed by atoms with E-state index in [1.54, 1.807) is 10.7 Å². The highest BCUT2D eigenvalue weighted by Gasteiger charge is 2.17. The molecule has 0 amide bonds. The zero-order valence-corrected chi connectivity index (χ0v) is 16.9. The van der Waals surface area contributed by atoms with E-state index in [1.807, 2.05) is 29.6 Å². The molecule has 0 aliphatic heterocycles. The predicted octanol–water partition coefficient (Wildman–Crippen LogP) is 5.13. The summed E-state index contributed by atoms with van der Waals surface area (Å²) in [6.45, 7) is 2.06. The van der Waals surface area contributed by atoms with Crippen LogP contribution in [-0.2, 0) is 0 Å². The van der Waals surface area contributed by atoms with Gasteiger partial charge in [-0.05, 0) is 24.6 Å². The van der Waals surface area contributed by atoms with Crippen LogP contribution in [0.25, 0.3) is 38.7 Å². The lowest BCUT2D eigenvalue weighted by Crippen LogP contribution is -2.05. The summed E-state index contributed by atoms with van der Waals surface area (Å²) < 4.78 is 1.60. The summed E-state index contributed by atoms with van der Waals surface area (Å²) in [5.74, 6) is 0.403. The van der Waals surface area contributed by atoms with Crippen molar-refractivity contribution in [2.24, 2.45) is 0 Å². The number of fused-ring (bicyclic) bond motifs is 1. The number of rotatable bonds is 3. The Labute approximate surface area is 175 Å². The van der Waals surface area contributed by atoms with Crippen molar-refractivity contribution >= 4 is 34.4 Å². The van der Waals surface area contributed by atoms with Crippen molar-refractivity contribution < 1.29 is 0 Å². The van der Waals surface area contributed by atoms with Crippen LogP contribution in [0, 0.1) is 6.92 Å². The quantitative estimate of drug-likeness (QED) is 0.439. The van der Waals surface area contributed by atoms with Crippen LogP contribution in [0.2, 0.25) is 5.02 Å². The Hall–Kier alpha value is -3.29. The van der Waals surface area contributed by atoms with E-state index in [0.29, 0.717) is 27.2 Å². The lowest BCUT2D eigenvalue weighted by Gasteiger charge is -2.04. The summed E-state index contributed by atoms with van der Waals surface area (Å²) in [5, 5.41) is 16.5. The standard InChI is InChI=1S/C21H15ClN6S/c1-12-2-4-14(5-3-12)17-11-29-21(25-17)18-19(23)28-20(27-26-18)16(10-24-28)13-6-8-15(22)9-7-13/h2-11H,23H2,1H3. The molecule has 0 unspecified atom stereocenters. The molecular formula is C21H15ClN6S.